The maximum Gasteiger partial charge on any atom is 0.271 e. The highest BCUT2D eigenvalue weighted by Gasteiger charge is 2.14. The third kappa shape index (κ3) is 2.60. The Morgan fingerprint density at radius 2 is 2.14 bits per heavy atom. The van der Waals surface area contributed by atoms with E-state index in [1.807, 2.05) is 6.92 Å². The molecule has 22 heavy (non-hydrogen) atoms. The van der Waals surface area contributed by atoms with E-state index >= 15 is 0 Å². The average Bonchev–Trinajstić information content (AvgIpc) is 2.92. The summed E-state index contributed by atoms with van der Waals surface area (Å²) in [5.74, 6) is 0.931. The van der Waals surface area contributed by atoms with Crippen molar-refractivity contribution in [2.24, 2.45) is 0 Å². The molecule has 0 atom stereocenters. The van der Waals surface area contributed by atoms with Crippen molar-refractivity contribution in [3.05, 3.63) is 51.5 Å². The largest absolute Gasteiger partial charge is 0.492 e. The number of halogens is 1. The van der Waals surface area contributed by atoms with Crippen molar-refractivity contribution in [3.8, 4) is 17.2 Å². The number of hydrogen-bond donors (Lipinski definition) is 0. The van der Waals surface area contributed by atoms with Crippen LogP contribution in [0.3, 0.4) is 0 Å². The minimum atomic E-state index is -0.471. The van der Waals surface area contributed by atoms with E-state index in [1.165, 1.54) is 18.2 Å². The third-order valence-corrected chi connectivity index (χ3v) is 3.36. The number of nitrogens with zero attached hydrogens (tertiary/aromatic N) is 2. The molecule has 7 heteroatoms. The zero-order valence-corrected chi connectivity index (χ0v) is 12.3. The van der Waals surface area contributed by atoms with Crippen molar-refractivity contribution < 1.29 is 14.1 Å². The van der Waals surface area contributed by atoms with Gasteiger partial charge in [-0.1, -0.05) is 11.6 Å². The fourth-order valence-electron chi connectivity index (χ4n) is 2.06. The number of nitro benzene ring substituents is 1. The number of ether oxygens (including phenoxy) is 1. The molecule has 0 radical (unpaired) electrons. The van der Waals surface area contributed by atoms with Crippen LogP contribution in [-0.4, -0.2) is 16.5 Å². The van der Waals surface area contributed by atoms with Crippen LogP contribution >= 0.6 is 11.6 Å². The lowest BCUT2D eigenvalue weighted by atomic mass is 10.2. The van der Waals surface area contributed by atoms with Crippen molar-refractivity contribution >= 4 is 28.4 Å². The molecule has 0 fully saturated rings. The van der Waals surface area contributed by atoms with E-state index in [1.54, 1.807) is 18.2 Å². The third-order valence-electron chi connectivity index (χ3n) is 3.06. The molecule has 3 aromatic rings. The molecule has 0 aliphatic carbocycles. The van der Waals surface area contributed by atoms with Gasteiger partial charge in [0.1, 0.15) is 11.3 Å². The van der Waals surface area contributed by atoms with Crippen molar-refractivity contribution in [1.29, 1.82) is 0 Å². The Labute approximate surface area is 130 Å². The summed E-state index contributed by atoms with van der Waals surface area (Å²) in [5.41, 5.74) is 1.55. The van der Waals surface area contributed by atoms with Crippen LogP contribution < -0.4 is 4.74 Å². The number of non-ortho nitro benzene ring substituents is 1. The topological polar surface area (TPSA) is 78.4 Å². The first-order chi connectivity index (χ1) is 10.6. The van der Waals surface area contributed by atoms with Crippen LogP contribution in [0.15, 0.2) is 40.8 Å². The van der Waals surface area contributed by atoms with E-state index in [-0.39, 0.29) is 5.69 Å². The number of rotatable bonds is 4. The molecule has 0 aliphatic rings. The van der Waals surface area contributed by atoms with Gasteiger partial charge in [0.05, 0.1) is 16.6 Å². The molecule has 2 aromatic carbocycles. The van der Waals surface area contributed by atoms with Gasteiger partial charge in [0, 0.05) is 17.7 Å². The predicted octanol–water partition coefficient (Wildman–Crippen LogP) is 4.46. The lowest BCUT2D eigenvalue weighted by Crippen LogP contribution is -1.92. The van der Waals surface area contributed by atoms with Crippen LogP contribution in [0.4, 0.5) is 5.69 Å². The van der Waals surface area contributed by atoms with Gasteiger partial charge in [-0.25, -0.2) is 4.98 Å². The molecule has 0 unspecified atom stereocenters. The van der Waals surface area contributed by atoms with E-state index in [9.17, 15) is 10.1 Å². The minimum absolute atomic E-state index is 0.0305. The van der Waals surface area contributed by atoms with E-state index in [0.717, 1.165) is 0 Å². The summed E-state index contributed by atoms with van der Waals surface area (Å²) in [7, 11) is 0. The van der Waals surface area contributed by atoms with Gasteiger partial charge in [-0.05, 0) is 31.2 Å². The number of fused-ring (bicyclic) bond motifs is 1. The summed E-state index contributed by atoms with van der Waals surface area (Å²) in [6.07, 6.45) is 0. The standard InChI is InChI=1S/C15H11ClN2O4/c1-2-21-13-5-3-9(7-11(13)16)15-17-12-8-10(18(19)20)4-6-14(12)22-15/h3-8H,2H2,1H3. The summed E-state index contributed by atoms with van der Waals surface area (Å²) < 4.78 is 11.0. The first-order valence-electron chi connectivity index (χ1n) is 6.56. The molecule has 1 heterocycles. The molecular weight excluding hydrogens is 308 g/mol. The van der Waals surface area contributed by atoms with Gasteiger partial charge in [-0.15, -0.1) is 0 Å². The molecule has 112 valence electrons. The Kier molecular flexibility index (Phi) is 3.68. The maximum atomic E-state index is 10.8. The summed E-state index contributed by atoms with van der Waals surface area (Å²) in [4.78, 5) is 14.6. The second-order valence-corrected chi connectivity index (χ2v) is 4.91. The molecule has 0 aliphatic heterocycles. The van der Waals surface area contributed by atoms with Crippen molar-refractivity contribution in [3.63, 3.8) is 0 Å². The molecule has 0 N–H and O–H groups in total. The highest BCUT2D eigenvalue weighted by molar-refractivity contribution is 6.32. The van der Waals surface area contributed by atoms with Crippen molar-refractivity contribution in [1.82, 2.24) is 4.98 Å². The van der Waals surface area contributed by atoms with E-state index in [0.29, 0.717) is 39.9 Å². The lowest BCUT2D eigenvalue weighted by Gasteiger charge is -2.05. The van der Waals surface area contributed by atoms with E-state index in [4.69, 9.17) is 20.8 Å². The van der Waals surface area contributed by atoms with Gasteiger partial charge >= 0.3 is 0 Å². The lowest BCUT2D eigenvalue weighted by molar-refractivity contribution is -0.384. The summed E-state index contributed by atoms with van der Waals surface area (Å²) in [6.45, 7) is 2.39. The Hall–Kier alpha value is -2.60. The number of oxazole rings is 1. The molecule has 0 amide bonds. The van der Waals surface area contributed by atoms with Crippen LogP contribution in [0.1, 0.15) is 6.92 Å². The first kappa shape index (κ1) is 14.3. The maximum absolute atomic E-state index is 10.8. The molecule has 0 saturated carbocycles. The molecule has 0 saturated heterocycles. The Morgan fingerprint density at radius 3 is 2.82 bits per heavy atom. The quantitative estimate of drug-likeness (QED) is 0.524. The van der Waals surface area contributed by atoms with Crippen LogP contribution in [0.25, 0.3) is 22.6 Å². The Morgan fingerprint density at radius 1 is 1.32 bits per heavy atom. The van der Waals surface area contributed by atoms with Gasteiger partial charge in [-0.2, -0.15) is 0 Å². The zero-order valence-electron chi connectivity index (χ0n) is 11.6. The number of hydrogen-bond acceptors (Lipinski definition) is 5. The van der Waals surface area contributed by atoms with Crippen LogP contribution in [0.5, 0.6) is 5.75 Å². The summed E-state index contributed by atoms with van der Waals surface area (Å²) in [6, 6.07) is 9.47. The van der Waals surface area contributed by atoms with E-state index in [2.05, 4.69) is 4.98 Å². The second-order valence-electron chi connectivity index (χ2n) is 4.51. The Balaban J connectivity index is 2.03. The molecule has 0 spiro atoms. The van der Waals surface area contributed by atoms with Gasteiger partial charge in [0.2, 0.25) is 5.89 Å². The van der Waals surface area contributed by atoms with Crippen molar-refractivity contribution in [2.75, 3.05) is 6.61 Å². The van der Waals surface area contributed by atoms with Gasteiger partial charge in [0.15, 0.2) is 5.58 Å². The van der Waals surface area contributed by atoms with Gasteiger partial charge in [-0.3, -0.25) is 10.1 Å². The fraction of sp³-hybridized carbons (Fsp3) is 0.133. The normalized spacial score (nSPS) is 10.8. The minimum Gasteiger partial charge on any atom is -0.492 e. The number of aromatic nitrogens is 1. The molecule has 1 aromatic heterocycles. The zero-order chi connectivity index (χ0) is 15.7. The molecule has 0 bridgehead atoms. The van der Waals surface area contributed by atoms with Gasteiger partial charge in [0.25, 0.3) is 5.69 Å². The SMILES string of the molecule is CCOc1ccc(-c2nc3cc([N+](=O)[O-])ccc3o2)cc1Cl. The summed E-state index contributed by atoms with van der Waals surface area (Å²) in [5, 5.41) is 11.2. The fourth-order valence-corrected chi connectivity index (χ4v) is 2.29. The highest BCUT2D eigenvalue weighted by Crippen LogP contribution is 2.32. The van der Waals surface area contributed by atoms with Crippen LogP contribution in [0, 0.1) is 10.1 Å². The van der Waals surface area contributed by atoms with Crippen molar-refractivity contribution in [2.45, 2.75) is 6.92 Å². The summed E-state index contributed by atoms with van der Waals surface area (Å²) >= 11 is 6.14. The van der Waals surface area contributed by atoms with Gasteiger partial charge < -0.3 is 9.15 Å². The monoisotopic (exact) mass is 318 g/mol. The van der Waals surface area contributed by atoms with Crippen LogP contribution in [-0.2, 0) is 0 Å². The van der Waals surface area contributed by atoms with Crippen LogP contribution in [0.2, 0.25) is 5.02 Å². The first-order valence-corrected chi connectivity index (χ1v) is 6.94. The number of nitro groups is 1. The smallest absolute Gasteiger partial charge is 0.271 e. The molecule has 6 nitrogen and oxygen atoms in total. The Bertz CT molecular complexity index is 860. The highest BCUT2D eigenvalue weighted by atomic mass is 35.5. The molecular formula is C15H11ClN2O4. The predicted molar refractivity (Wildman–Crippen MR) is 82.3 cm³/mol. The number of benzene rings is 2. The van der Waals surface area contributed by atoms with E-state index < -0.39 is 4.92 Å². The second kappa shape index (κ2) is 5.65. The average molecular weight is 319 g/mol. The molecule has 3 rings (SSSR count).